The topological polar surface area (TPSA) is 67.4 Å². The lowest BCUT2D eigenvalue weighted by molar-refractivity contribution is 0.426. The molecular formula is C8H8BFN2O3S. The van der Waals surface area contributed by atoms with Crippen LogP contribution in [0.5, 0.6) is 0 Å². The van der Waals surface area contributed by atoms with E-state index in [0.717, 1.165) is 3.97 Å². The predicted octanol–water partition coefficient (Wildman–Crippen LogP) is -0.599. The van der Waals surface area contributed by atoms with E-state index in [1.807, 2.05) is 0 Å². The lowest BCUT2D eigenvalue weighted by Crippen LogP contribution is -2.29. The smallest absolute Gasteiger partial charge is 0.423 e. The van der Waals surface area contributed by atoms with Crippen molar-refractivity contribution in [1.29, 1.82) is 0 Å². The third kappa shape index (κ3) is 1.55. The van der Waals surface area contributed by atoms with Gasteiger partial charge in [-0.25, -0.2) is 8.77 Å². The van der Waals surface area contributed by atoms with E-state index in [9.17, 15) is 8.68 Å². The average molecular weight is 242 g/mol. The standard InChI is InChI=1S/C8H8BFN2O3S/c1-11-7-4-5(9(14)15)2-3-6(7)12(16-10)8(11)13/h2-4,14-15H,1H3. The summed E-state index contributed by atoms with van der Waals surface area (Å²) < 4.78 is 14.7. The van der Waals surface area contributed by atoms with E-state index in [4.69, 9.17) is 10.0 Å². The van der Waals surface area contributed by atoms with Gasteiger partial charge in [0.15, 0.2) is 12.3 Å². The fourth-order valence-electron chi connectivity index (χ4n) is 1.55. The summed E-state index contributed by atoms with van der Waals surface area (Å²) in [7, 11) is -0.119. The monoisotopic (exact) mass is 242 g/mol. The van der Waals surface area contributed by atoms with Gasteiger partial charge >= 0.3 is 12.8 Å². The summed E-state index contributed by atoms with van der Waals surface area (Å²) in [5, 5.41) is 18.0. The fourth-order valence-corrected chi connectivity index (χ4v) is 1.96. The molecule has 1 aromatic carbocycles. The van der Waals surface area contributed by atoms with Gasteiger partial charge in [-0.05, 0) is 17.6 Å². The van der Waals surface area contributed by atoms with Crippen LogP contribution >= 0.6 is 12.3 Å². The average Bonchev–Trinajstić information content (AvgIpc) is 2.51. The van der Waals surface area contributed by atoms with Crippen LogP contribution in [-0.4, -0.2) is 25.7 Å². The molecular weight excluding hydrogens is 234 g/mol. The highest BCUT2D eigenvalue weighted by molar-refractivity contribution is 7.92. The number of rotatable bonds is 2. The number of benzene rings is 1. The van der Waals surface area contributed by atoms with Crippen LogP contribution in [0.25, 0.3) is 11.0 Å². The predicted molar refractivity (Wildman–Crippen MR) is 61.1 cm³/mol. The molecule has 16 heavy (non-hydrogen) atoms. The molecule has 0 aliphatic carbocycles. The zero-order chi connectivity index (χ0) is 11.9. The highest BCUT2D eigenvalue weighted by Gasteiger charge is 2.16. The van der Waals surface area contributed by atoms with Crippen molar-refractivity contribution in [3.63, 3.8) is 0 Å². The molecule has 0 bridgehead atoms. The molecule has 2 rings (SSSR count). The lowest BCUT2D eigenvalue weighted by Gasteiger charge is -2.00. The largest absolute Gasteiger partial charge is 0.488 e. The van der Waals surface area contributed by atoms with Crippen molar-refractivity contribution in [1.82, 2.24) is 8.54 Å². The van der Waals surface area contributed by atoms with E-state index < -0.39 is 12.8 Å². The first kappa shape index (κ1) is 11.2. The maximum atomic E-state index is 12.6. The second kappa shape index (κ2) is 3.97. The second-order valence-electron chi connectivity index (χ2n) is 3.33. The van der Waals surface area contributed by atoms with Crippen molar-refractivity contribution in [3.05, 3.63) is 28.7 Å². The first-order valence-electron chi connectivity index (χ1n) is 4.43. The molecule has 0 fully saturated rings. The maximum Gasteiger partial charge on any atom is 0.488 e. The Balaban J connectivity index is 2.80. The molecule has 8 heteroatoms. The minimum absolute atomic E-state index is 0.182. The summed E-state index contributed by atoms with van der Waals surface area (Å²) >= 11 is -0.182. The second-order valence-corrected chi connectivity index (χ2v) is 3.83. The Hall–Kier alpha value is -1.25. The van der Waals surface area contributed by atoms with Crippen LogP contribution in [0.1, 0.15) is 0 Å². The first-order valence-corrected chi connectivity index (χ1v) is 5.10. The molecule has 0 unspecified atom stereocenters. The minimum Gasteiger partial charge on any atom is -0.423 e. The summed E-state index contributed by atoms with van der Waals surface area (Å²) in [5.41, 5.74) is 0.585. The van der Waals surface area contributed by atoms with Gasteiger partial charge in [-0.15, -0.1) is 3.89 Å². The van der Waals surface area contributed by atoms with Crippen LogP contribution in [0.4, 0.5) is 3.89 Å². The molecule has 0 saturated carbocycles. The Labute approximate surface area is 94.7 Å². The molecule has 0 saturated heterocycles. The van der Waals surface area contributed by atoms with Crippen molar-refractivity contribution in [2.24, 2.45) is 7.05 Å². The van der Waals surface area contributed by atoms with Gasteiger partial charge in [0.05, 0.1) is 11.0 Å². The van der Waals surface area contributed by atoms with Crippen LogP contribution in [0.15, 0.2) is 23.0 Å². The summed E-state index contributed by atoms with van der Waals surface area (Å²) in [6.45, 7) is 0. The Morgan fingerprint density at radius 2 is 2.06 bits per heavy atom. The molecule has 1 aromatic heterocycles. The summed E-state index contributed by atoms with van der Waals surface area (Å²) in [6.07, 6.45) is 0. The number of hydrogen-bond acceptors (Lipinski definition) is 4. The van der Waals surface area contributed by atoms with Crippen molar-refractivity contribution in [3.8, 4) is 0 Å². The molecule has 0 aliphatic heterocycles. The lowest BCUT2D eigenvalue weighted by atomic mass is 9.80. The van der Waals surface area contributed by atoms with Gasteiger partial charge in [0, 0.05) is 7.05 Å². The van der Waals surface area contributed by atoms with Gasteiger partial charge in [-0.3, -0.25) is 4.57 Å². The van der Waals surface area contributed by atoms with Gasteiger partial charge < -0.3 is 10.0 Å². The molecule has 84 valence electrons. The van der Waals surface area contributed by atoms with Gasteiger partial charge in [0.25, 0.3) is 0 Å². The summed E-state index contributed by atoms with van der Waals surface area (Å²) in [5.74, 6) is 0. The summed E-state index contributed by atoms with van der Waals surface area (Å²) in [4.78, 5) is 11.5. The fraction of sp³-hybridized carbons (Fsp3) is 0.125. The van der Waals surface area contributed by atoms with Crippen LogP contribution in [0.2, 0.25) is 0 Å². The zero-order valence-electron chi connectivity index (χ0n) is 8.29. The molecule has 1 heterocycles. The van der Waals surface area contributed by atoms with E-state index in [1.54, 1.807) is 0 Å². The quantitative estimate of drug-likeness (QED) is 0.690. The third-order valence-corrected chi connectivity index (χ3v) is 2.90. The number of aromatic nitrogens is 2. The van der Waals surface area contributed by atoms with Gasteiger partial charge in [-0.1, -0.05) is 6.07 Å². The molecule has 5 nitrogen and oxygen atoms in total. The van der Waals surface area contributed by atoms with Gasteiger partial charge in [0.2, 0.25) is 0 Å². The van der Waals surface area contributed by atoms with E-state index in [0.29, 0.717) is 11.0 Å². The number of fused-ring (bicyclic) bond motifs is 1. The number of aryl methyl sites for hydroxylation is 1. The highest BCUT2D eigenvalue weighted by Crippen LogP contribution is 2.16. The summed E-state index contributed by atoms with van der Waals surface area (Å²) in [6, 6.07) is 4.34. The Kier molecular flexibility index (Phi) is 2.79. The molecule has 2 N–H and O–H groups in total. The molecule has 0 aliphatic rings. The van der Waals surface area contributed by atoms with Crippen molar-refractivity contribution in [2.75, 3.05) is 0 Å². The van der Waals surface area contributed by atoms with Crippen LogP contribution in [0.3, 0.4) is 0 Å². The zero-order valence-corrected chi connectivity index (χ0v) is 9.11. The molecule has 2 aromatic rings. The SMILES string of the molecule is Cn1c(=O)n(SF)c2ccc(B(O)O)cc21. The molecule has 0 amide bonds. The van der Waals surface area contributed by atoms with Crippen molar-refractivity contribution in [2.45, 2.75) is 0 Å². The van der Waals surface area contributed by atoms with Gasteiger partial charge in [0.1, 0.15) is 0 Å². The molecule has 0 spiro atoms. The number of hydrogen-bond donors (Lipinski definition) is 2. The number of imidazole rings is 1. The molecule has 0 atom stereocenters. The molecule has 0 radical (unpaired) electrons. The van der Waals surface area contributed by atoms with Crippen molar-refractivity contribution >= 4 is 35.9 Å². The Morgan fingerprint density at radius 1 is 1.38 bits per heavy atom. The van der Waals surface area contributed by atoms with Crippen LogP contribution in [-0.2, 0) is 7.05 Å². The number of nitrogens with zero attached hydrogens (tertiary/aromatic N) is 2. The number of halogens is 1. The van der Waals surface area contributed by atoms with Crippen molar-refractivity contribution < 1.29 is 13.9 Å². The normalized spacial score (nSPS) is 11.0. The maximum absolute atomic E-state index is 12.6. The highest BCUT2D eigenvalue weighted by atomic mass is 32.2. The van der Waals surface area contributed by atoms with Crippen LogP contribution < -0.4 is 11.2 Å². The van der Waals surface area contributed by atoms with Crippen LogP contribution in [0, 0.1) is 0 Å². The third-order valence-electron chi connectivity index (χ3n) is 2.41. The Morgan fingerprint density at radius 3 is 2.62 bits per heavy atom. The van der Waals surface area contributed by atoms with E-state index >= 15 is 0 Å². The van der Waals surface area contributed by atoms with E-state index in [-0.39, 0.29) is 17.8 Å². The Bertz CT molecular complexity index is 595. The van der Waals surface area contributed by atoms with E-state index in [2.05, 4.69) is 0 Å². The minimum atomic E-state index is -1.61. The van der Waals surface area contributed by atoms with Gasteiger partial charge in [-0.2, -0.15) is 0 Å². The first-order chi connectivity index (χ1) is 7.56. The van der Waals surface area contributed by atoms with E-state index in [1.165, 1.54) is 29.8 Å².